The smallest absolute Gasteiger partial charge is 0.119 e. The maximum Gasteiger partial charge on any atom is 0.119 e. The molecule has 0 bridgehead atoms. The zero-order chi connectivity index (χ0) is 12.4. The van der Waals surface area contributed by atoms with Gasteiger partial charge in [0.05, 0.1) is 12.8 Å². The van der Waals surface area contributed by atoms with Crippen LogP contribution in [0.15, 0.2) is 54.7 Å². The van der Waals surface area contributed by atoms with Gasteiger partial charge in [0, 0.05) is 22.8 Å². The lowest BCUT2D eigenvalue weighted by Gasteiger charge is -2.06. The lowest BCUT2D eigenvalue weighted by Crippen LogP contribution is -1.89. The number of anilines is 2. The number of fused-ring (bicyclic) bond motifs is 1. The van der Waals surface area contributed by atoms with Crippen LogP contribution in [-0.4, -0.2) is 12.1 Å². The fourth-order valence-corrected chi connectivity index (χ4v) is 2.00. The molecule has 3 nitrogen and oxygen atoms in total. The second-order valence-corrected chi connectivity index (χ2v) is 4.10. The van der Waals surface area contributed by atoms with Crippen molar-refractivity contribution in [2.45, 2.75) is 0 Å². The quantitative estimate of drug-likeness (QED) is 0.725. The molecule has 3 aromatic rings. The standard InChI is InChI=1S/C15H14N2O/c1-18-12-8-6-11(7-9-12)17-15-10-16-14-5-3-2-4-13(14)15/h2-10,16-17H,1H3. The number of ether oxygens (including phenoxy) is 1. The summed E-state index contributed by atoms with van der Waals surface area (Å²) in [5, 5.41) is 4.58. The molecule has 0 aliphatic rings. The SMILES string of the molecule is COc1ccc(Nc2c[nH]c3ccccc23)cc1. The monoisotopic (exact) mass is 238 g/mol. The molecule has 2 N–H and O–H groups in total. The van der Waals surface area contributed by atoms with Crippen molar-refractivity contribution in [3.63, 3.8) is 0 Å². The van der Waals surface area contributed by atoms with Crippen molar-refractivity contribution >= 4 is 22.3 Å². The summed E-state index contributed by atoms with van der Waals surface area (Å²) < 4.78 is 5.14. The van der Waals surface area contributed by atoms with Gasteiger partial charge in [0.1, 0.15) is 5.75 Å². The van der Waals surface area contributed by atoms with E-state index >= 15 is 0 Å². The number of rotatable bonds is 3. The Kier molecular flexibility index (Phi) is 2.65. The third kappa shape index (κ3) is 1.91. The van der Waals surface area contributed by atoms with Gasteiger partial charge in [-0.05, 0) is 30.3 Å². The zero-order valence-electron chi connectivity index (χ0n) is 10.1. The number of H-pyrrole nitrogens is 1. The Morgan fingerprint density at radius 3 is 2.56 bits per heavy atom. The second kappa shape index (κ2) is 4.45. The molecule has 0 aliphatic carbocycles. The number of benzene rings is 2. The average Bonchev–Trinajstić information content (AvgIpc) is 2.83. The summed E-state index contributed by atoms with van der Waals surface area (Å²) in [6.45, 7) is 0. The van der Waals surface area contributed by atoms with E-state index in [9.17, 15) is 0 Å². The van der Waals surface area contributed by atoms with E-state index < -0.39 is 0 Å². The molecule has 0 atom stereocenters. The van der Waals surface area contributed by atoms with Crippen LogP contribution >= 0.6 is 0 Å². The highest BCUT2D eigenvalue weighted by Gasteiger charge is 2.02. The zero-order valence-corrected chi connectivity index (χ0v) is 10.1. The van der Waals surface area contributed by atoms with Crippen LogP contribution in [0.1, 0.15) is 0 Å². The minimum Gasteiger partial charge on any atom is -0.497 e. The van der Waals surface area contributed by atoms with Gasteiger partial charge >= 0.3 is 0 Å². The molecule has 0 amide bonds. The van der Waals surface area contributed by atoms with E-state index in [1.54, 1.807) is 7.11 Å². The molecule has 18 heavy (non-hydrogen) atoms. The topological polar surface area (TPSA) is 37.0 Å². The van der Waals surface area contributed by atoms with Crippen LogP contribution in [0.2, 0.25) is 0 Å². The summed E-state index contributed by atoms with van der Waals surface area (Å²) in [5.41, 5.74) is 3.25. The molecule has 0 saturated carbocycles. The Bertz CT molecular complexity index is 656. The minimum atomic E-state index is 0.861. The van der Waals surface area contributed by atoms with E-state index in [1.807, 2.05) is 42.6 Å². The molecule has 0 radical (unpaired) electrons. The van der Waals surface area contributed by atoms with Crippen LogP contribution in [0.4, 0.5) is 11.4 Å². The van der Waals surface area contributed by atoms with Crippen molar-refractivity contribution in [2.24, 2.45) is 0 Å². The predicted octanol–water partition coefficient (Wildman–Crippen LogP) is 3.92. The van der Waals surface area contributed by atoms with E-state index in [4.69, 9.17) is 4.74 Å². The summed E-state index contributed by atoms with van der Waals surface area (Å²) in [6.07, 6.45) is 1.98. The molecule has 1 aromatic heterocycles. The summed E-state index contributed by atoms with van der Waals surface area (Å²) in [6, 6.07) is 16.1. The summed E-state index contributed by atoms with van der Waals surface area (Å²) in [4.78, 5) is 3.24. The fraction of sp³-hybridized carbons (Fsp3) is 0.0667. The first kappa shape index (κ1) is 10.7. The molecule has 90 valence electrons. The van der Waals surface area contributed by atoms with Crippen molar-refractivity contribution in [1.82, 2.24) is 4.98 Å². The van der Waals surface area contributed by atoms with Gasteiger partial charge in [-0.3, -0.25) is 0 Å². The lowest BCUT2D eigenvalue weighted by molar-refractivity contribution is 0.415. The van der Waals surface area contributed by atoms with Gasteiger partial charge in [0.15, 0.2) is 0 Å². The highest BCUT2D eigenvalue weighted by atomic mass is 16.5. The van der Waals surface area contributed by atoms with Crippen molar-refractivity contribution in [2.75, 3.05) is 12.4 Å². The average molecular weight is 238 g/mol. The first-order chi connectivity index (χ1) is 8.86. The summed E-state index contributed by atoms with van der Waals surface area (Å²) in [7, 11) is 1.67. The molecular weight excluding hydrogens is 224 g/mol. The number of nitrogens with one attached hydrogen (secondary N) is 2. The summed E-state index contributed by atoms with van der Waals surface area (Å²) >= 11 is 0. The van der Waals surface area contributed by atoms with Crippen LogP contribution in [0.5, 0.6) is 5.75 Å². The number of hydrogen-bond acceptors (Lipinski definition) is 2. The largest absolute Gasteiger partial charge is 0.497 e. The molecule has 0 unspecified atom stereocenters. The van der Waals surface area contributed by atoms with Crippen LogP contribution in [0, 0.1) is 0 Å². The number of aromatic nitrogens is 1. The van der Waals surface area contributed by atoms with E-state index in [-0.39, 0.29) is 0 Å². The highest BCUT2D eigenvalue weighted by Crippen LogP contribution is 2.26. The maximum atomic E-state index is 5.14. The molecule has 0 spiro atoms. The number of para-hydroxylation sites is 1. The molecule has 1 heterocycles. The van der Waals surface area contributed by atoms with Crippen LogP contribution in [-0.2, 0) is 0 Å². The Hall–Kier alpha value is -2.42. The molecule has 0 aliphatic heterocycles. The van der Waals surface area contributed by atoms with Crippen LogP contribution in [0.25, 0.3) is 10.9 Å². The fourth-order valence-electron chi connectivity index (χ4n) is 2.00. The third-order valence-electron chi connectivity index (χ3n) is 2.96. The molecule has 3 heteroatoms. The molecule has 0 fully saturated rings. The maximum absolute atomic E-state index is 5.14. The third-order valence-corrected chi connectivity index (χ3v) is 2.96. The second-order valence-electron chi connectivity index (χ2n) is 4.10. The molecule has 0 saturated heterocycles. The van der Waals surface area contributed by atoms with Crippen molar-refractivity contribution in [3.05, 3.63) is 54.7 Å². The number of aromatic amines is 1. The summed E-state index contributed by atoms with van der Waals surface area (Å²) in [5.74, 6) is 0.861. The first-order valence-electron chi connectivity index (χ1n) is 5.84. The Balaban J connectivity index is 1.91. The van der Waals surface area contributed by atoms with Crippen LogP contribution < -0.4 is 10.1 Å². The molecular formula is C15H14N2O. The Morgan fingerprint density at radius 1 is 1.00 bits per heavy atom. The van der Waals surface area contributed by atoms with E-state index in [0.717, 1.165) is 22.6 Å². The normalized spacial score (nSPS) is 10.5. The van der Waals surface area contributed by atoms with Crippen molar-refractivity contribution < 1.29 is 4.74 Å². The van der Waals surface area contributed by atoms with Gasteiger partial charge in [0.2, 0.25) is 0 Å². The highest BCUT2D eigenvalue weighted by molar-refractivity contribution is 5.93. The van der Waals surface area contributed by atoms with E-state index in [2.05, 4.69) is 22.4 Å². The molecule has 2 aromatic carbocycles. The van der Waals surface area contributed by atoms with Gasteiger partial charge in [0.25, 0.3) is 0 Å². The van der Waals surface area contributed by atoms with Gasteiger partial charge in [-0.15, -0.1) is 0 Å². The number of methoxy groups -OCH3 is 1. The van der Waals surface area contributed by atoms with Gasteiger partial charge in [-0.1, -0.05) is 18.2 Å². The van der Waals surface area contributed by atoms with E-state index in [0.29, 0.717) is 0 Å². The Labute approximate surface area is 105 Å². The van der Waals surface area contributed by atoms with E-state index in [1.165, 1.54) is 5.39 Å². The minimum absolute atomic E-state index is 0.861. The lowest BCUT2D eigenvalue weighted by atomic mass is 10.2. The predicted molar refractivity (Wildman–Crippen MR) is 74.6 cm³/mol. The Morgan fingerprint density at radius 2 is 1.78 bits per heavy atom. The van der Waals surface area contributed by atoms with Crippen LogP contribution in [0.3, 0.4) is 0 Å². The van der Waals surface area contributed by atoms with Gasteiger partial charge < -0.3 is 15.0 Å². The van der Waals surface area contributed by atoms with Crippen molar-refractivity contribution in [1.29, 1.82) is 0 Å². The first-order valence-corrected chi connectivity index (χ1v) is 5.84. The molecule has 3 rings (SSSR count). The van der Waals surface area contributed by atoms with Gasteiger partial charge in [-0.25, -0.2) is 0 Å². The van der Waals surface area contributed by atoms with Crippen molar-refractivity contribution in [3.8, 4) is 5.75 Å². The van der Waals surface area contributed by atoms with Gasteiger partial charge in [-0.2, -0.15) is 0 Å². The number of hydrogen-bond donors (Lipinski definition) is 2.